The van der Waals surface area contributed by atoms with Crippen molar-refractivity contribution in [2.75, 3.05) is 0 Å². The van der Waals surface area contributed by atoms with E-state index in [0.29, 0.717) is 18.2 Å². The maximum Gasteiger partial charge on any atom is 0.170 e. The molecule has 0 aliphatic carbocycles. The van der Waals surface area contributed by atoms with Gasteiger partial charge in [0.1, 0.15) is 0 Å². The van der Waals surface area contributed by atoms with Gasteiger partial charge in [-0.2, -0.15) is 0 Å². The highest BCUT2D eigenvalue weighted by Gasteiger charge is 2.41. The minimum absolute atomic E-state index is 0.0249. The summed E-state index contributed by atoms with van der Waals surface area (Å²) >= 11 is 5.78. The summed E-state index contributed by atoms with van der Waals surface area (Å²) in [6.45, 7) is 1.31. The van der Waals surface area contributed by atoms with Crippen LogP contribution in [-0.4, -0.2) is 29.5 Å². The maximum atomic E-state index is 5.78. The van der Waals surface area contributed by atoms with E-state index in [1.807, 2.05) is 73.2 Å². The van der Waals surface area contributed by atoms with E-state index in [9.17, 15) is 0 Å². The molecule has 0 saturated carbocycles. The van der Waals surface area contributed by atoms with E-state index in [1.165, 1.54) is 0 Å². The van der Waals surface area contributed by atoms with Gasteiger partial charge in [0.05, 0.1) is 42.3 Å². The van der Waals surface area contributed by atoms with E-state index in [1.54, 1.807) is 0 Å². The summed E-state index contributed by atoms with van der Waals surface area (Å²) in [5.74, 6) is 0. The molecule has 1 N–H and O–H groups in total. The third-order valence-corrected chi connectivity index (χ3v) is 5.83. The molecule has 1 aliphatic heterocycles. The number of rotatable bonds is 6. The largest absolute Gasteiger partial charge is 0.352 e. The lowest BCUT2D eigenvalue weighted by molar-refractivity contribution is 0.295. The number of hydrogen-bond donors (Lipinski definition) is 1. The molecule has 2 atom stereocenters. The number of pyridine rings is 3. The van der Waals surface area contributed by atoms with Gasteiger partial charge in [-0.05, 0) is 60.7 Å². The Morgan fingerprint density at radius 2 is 1.45 bits per heavy atom. The molecule has 0 amide bonds. The summed E-state index contributed by atoms with van der Waals surface area (Å²) in [4.78, 5) is 15.9. The van der Waals surface area contributed by atoms with Gasteiger partial charge in [-0.3, -0.25) is 15.0 Å². The molecule has 1 saturated heterocycles. The van der Waals surface area contributed by atoms with Gasteiger partial charge in [-0.25, -0.2) is 0 Å². The quantitative estimate of drug-likeness (QED) is 0.472. The summed E-state index contributed by atoms with van der Waals surface area (Å²) in [6.07, 6.45) is 7.57. The van der Waals surface area contributed by atoms with Crippen LogP contribution in [0.2, 0.25) is 0 Å². The molecule has 0 aromatic carbocycles. The van der Waals surface area contributed by atoms with E-state index >= 15 is 0 Å². The Labute approximate surface area is 186 Å². The first-order valence-corrected chi connectivity index (χ1v) is 10.6. The van der Waals surface area contributed by atoms with Crippen LogP contribution in [0, 0.1) is 0 Å². The Hall–Kier alpha value is -3.58. The predicted molar refractivity (Wildman–Crippen MR) is 123 cm³/mol. The highest BCUT2D eigenvalue weighted by Crippen LogP contribution is 2.39. The molecule has 5 rings (SSSR count). The van der Waals surface area contributed by atoms with Gasteiger partial charge >= 0.3 is 0 Å². The predicted octanol–water partition coefficient (Wildman–Crippen LogP) is 3.89. The average molecular weight is 427 g/mol. The Bertz CT molecular complexity index is 1150. The molecule has 154 valence electrons. The highest BCUT2D eigenvalue weighted by molar-refractivity contribution is 7.80. The van der Waals surface area contributed by atoms with Crippen LogP contribution >= 0.6 is 12.2 Å². The average Bonchev–Trinajstić information content (AvgIpc) is 3.40. The van der Waals surface area contributed by atoms with Crippen molar-refractivity contribution in [2.45, 2.75) is 25.2 Å². The van der Waals surface area contributed by atoms with Gasteiger partial charge in [-0.15, -0.1) is 0 Å². The van der Waals surface area contributed by atoms with Crippen LogP contribution in [0.4, 0.5) is 0 Å². The number of hydrogen-bond acceptors (Lipinski definition) is 4. The molecule has 1 aliphatic rings. The Morgan fingerprint density at radius 3 is 2.10 bits per heavy atom. The van der Waals surface area contributed by atoms with Crippen LogP contribution < -0.4 is 5.32 Å². The van der Waals surface area contributed by atoms with Crippen molar-refractivity contribution in [3.05, 3.63) is 114 Å². The monoisotopic (exact) mass is 426 g/mol. The maximum absolute atomic E-state index is 5.78. The Morgan fingerprint density at radius 1 is 0.774 bits per heavy atom. The summed E-state index contributed by atoms with van der Waals surface area (Å²) in [6, 6.07) is 22.1. The highest BCUT2D eigenvalue weighted by atomic mass is 32.1. The van der Waals surface area contributed by atoms with Crippen LogP contribution in [0.25, 0.3) is 0 Å². The normalized spacial score (nSPS) is 18.2. The van der Waals surface area contributed by atoms with Gasteiger partial charge in [0, 0.05) is 30.5 Å². The molecule has 7 heteroatoms. The van der Waals surface area contributed by atoms with Crippen LogP contribution in [0.3, 0.4) is 0 Å². The summed E-state index contributed by atoms with van der Waals surface area (Å²) in [5, 5.41) is 4.21. The lowest BCUT2D eigenvalue weighted by atomic mass is 10.0. The fourth-order valence-corrected chi connectivity index (χ4v) is 4.37. The first kappa shape index (κ1) is 19.4. The first-order valence-electron chi connectivity index (χ1n) is 10.2. The van der Waals surface area contributed by atoms with Crippen molar-refractivity contribution in [1.29, 1.82) is 0 Å². The molecule has 4 aromatic heterocycles. The van der Waals surface area contributed by atoms with Crippen LogP contribution in [0.5, 0.6) is 0 Å². The van der Waals surface area contributed by atoms with E-state index in [4.69, 9.17) is 12.2 Å². The first-order chi connectivity index (χ1) is 15.3. The molecule has 6 nitrogen and oxygen atoms in total. The zero-order valence-electron chi connectivity index (χ0n) is 16.9. The fourth-order valence-electron chi connectivity index (χ4n) is 4.07. The number of thiocarbonyl (C=S) groups is 1. The summed E-state index contributed by atoms with van der Waals surface area (Å²) < 4.78 is 2.24. The molecule has 0 bridgehead atoms. The number of aromatic nitrogens is 4. The molecule has 5 heterocycles. The lowest BCUT2D eigenvalue weighted by Gasteiger charge is -2.28. The van der Waals surface area contributed by atoms with Crippen molar-refractivity contribution >= 4 is 17.3 Å². The smallest absolute Gasteiger partial charge is 0.170 e. The molecule has 1 fully saturated rings. The zero-order chi connectivity index (χ0) is 21.0. The minimum Gasteiger partial charge on any atom is -0.352 e. The van der Waals surface area contributed by atoms with Gasteiger partial charge in [0.2, 0.25) is 0 Å². The minimum atomic E-state index is -0.0604. The Kier molecular flexibility index (Phi) is 5.41. The van der Waals surface area contributed by atoms with Crippen molar-refractivity contribution in [1.82, 2.24) is 29.7 Å². The zero-order valence-corrected chi connectivity index (χ0v) is 17.7. The van der Waals surface area contributed by atoms with E-state index in [-0.39, 0.29) is 12.1 Å². The fraction of sp³-hybridized carbons (Fsp3) is 0.167. The molecule has 0 unspecified atom stereocenters. The van der Waals surface area contributed by atoms with Crippen molar-refractivity contribution in [3.8, 4) is 0 Å². The second kappa shape index (κ2) is 8.65. The summed E-state index contributed by atoms with van der Waals surface area (Å²) in [5.41, 5.74) is 4.11. The van der Waals surface area contributed by atoms with Gasteiger partial charge in [-0.1, -0.05) is 18.2 Å². The van der Waals surface area contributed by atoms with Gasteiger partial charge in [0.15, 0.2) is 5.11 Å². The van der Waals surface area contributed by atoms with E-state index in [2.05, 4.69) is 48.1 Å². The van der Waals surface area contributed by atoms with Gasteiger partial charge in [0.25, 0.3) is 0 Å². The molecule has 4 aromatic rings. The van der Waals surface area contributed by atoms with Crippen LogP contribution in [-0.2, 0) is 13.1 Å². The molecule has 0 radical (unpaired) electrons. The third kappa shape index (κ3) is 4.04. The van der Waals surface area contributed by atoms with E-state index in [0.717, 1.165) is 22.8 Å². The summed E-state index contributed by atoms with van der Waals surface area (Å²) in [7, 11) is 0. The SMILES string of the molecule is S=C1N[C@H](c2ccccn2)[C@@H](c2cccn2Cc2ccccn2)N1Cc1ccccn1. The second-order valence-electron chi connectivity index (χ2n) is 7.46. The number of nitrogens with zero attached hydrogens (tertiary/aromatic N) is 5. The molecular weight excluding hydrogens is 404 g/mol. The van der Waals surface area contributed by atoms with Crippen molar-refractivity contribution in [3.63, 3.8) is 0 Å². The molecular formula is C24H22N6S. The standard InChI is InChI=1S/C24H22N6S/c31-24-28-22(20-10-3-6-14-27-20)23(30(24)17-19-9-2-5-13-26-19)21-11-7-15-29(21)16-18-8-1-4-12-25-18/h1-15,22-23H,16-17H2,(H,28,31)/t22-,23-/m1/s1. The lowest BCUT2D eigenvalue weighted by Crippen LogP contribution is -2.30. The molecule has 31 heavy (non-hydrogen) atoms. The van der Waals surface area contributed by atoms with E-state index < -0.39 is 0 Å². The molecule has 0 spiro atoms. The Balaban J connectivity index is 1.54. The van der Waals surface area contributed by atoms with Crippen LogP contribution in [0.15, 0.2) is 91.5 Å². The third-order valence-electron chi connectivity index (χ3n) is 5.48. The van der Waals surface area contributed by atoms with Crippen molar-refractivity contribution in [2.24, 2.45) is 0 Å². The van der Waals surface area contributed by atoms with Crippen molar-refractivity contribution < 1.29 is 0 Å². The number of nitrogens with one attached hydrogen (secondary N) is 1. The second-order valence-corrected chi connectivity index (χ2v) is 7.84. The topological polar surface area (TPSA) is 58.9 Å². The van der Waals surface area contributed by atoms with Gasteiger partial charge < -0.3 is 14.8 Å². The van der Waals surface area contributed by atoms with Crippen LogP contribution in [0.1, 0.15) is 34.9 Å².